The highest BCUT2D eigenvalue weighted by Crippen LogP contribution is 2.46. The molecule has 0 atom stereocenters. The topological polar surface area (TPSA) is 17.8 Å². The summed E-state index contributed by atoms with van der Waals surface area (Å²) < 4.78 is 2.09. The molecule has 2 heteroatoms. The van der Waals surface area contributed by atoms with E-state index in [-0.39, 0.29) is 0 Å². The molecular weight excluding hydrogens is 665 g/mol. The van der Waals surface area contributed by atoms with E-state index in [0.29, 0.717) is 0 Å². The Morgan fingerprint density at radius 2 is 0.782 bits per heavy atom. The minimum absolute atomic E-state index is 0.982. The van der Waals surface area contributed by atoms with Crippen LogP contribution in [0.5, 0.6) is 0 Å². The quantitative estimate of drug-likeness (QED) is 0.164. The van der Waals surface area contributed by atoms with E-state index in [9.17, 15) is 0 Å². The third-order valence-corrected chi connectivity index (χ3v) is 11.2. The van der Waals surface area contributed by atoms with E-state index in [0.717, 1.165) is 33.4 Å². The van der Waals surface area contributed by atoms with Gasteiger partial charge in [0, 0.05) is 10.9 Å². The van der Waals surface area contributed by atoms with Crippen molar-refractivity contribution in [3.63, 3.8) is 0 Å². The maximum Gasteiger partial charge on any atom is 0.0934 e. The number of fused-ring (bicyclic) bond motifs is 5. The van der Waals surface area contributed by atoms with Crippen molar-refractivity contribution in [3.05, 3.63) is 206 Å². The zero-order valence-corrected chi connectivity index (χ0v) is 30.0. The highest BCUT2D eigenvalue weighted by Gasteiger charge is 2.19. The minimum atomic E-state index is 0.982. The Hall–Kier alpha value is -7.29. The van der Waals surface area contributed by atoms with E-state index < -0.39 is 0 Å². The van der Waals surface area contributed by atoms with Gasteiger partial charge in [0.25, 0.3) is 0 Å². The molecule has 0 aliphatic carbocycles. The molecule has 2 nitrogen and oxygen atoms in total. The van der Waals surface area contributed by atoms with E-state index in [1.54, 1.807) is 0 Å². The fourth-order valence-corrected chi connectivity index (χ4v) is 8.56. The summed E-state index contributed by atoms with van der Waals surface area (Å²) in [6, 6.07) is 74.8. The molecule has 10 aromatic carbocycles. The van der Waals surface area contributed by atoms with Gasteiger partial charge in [0.15, 0.2) is 0 Å². The third-order valence-electron chi connectivity index (χ3n) is 11.2. The van der Waals surface area contributed by atoms with Gasteiger partial charge in [0.2, 0.25) is 0 Å². The van der Waals surface area contributed by atoms with Crippen LogP contribution >= 0.6 is 0 Å². The van der Waals surface area contributed by atoms with Crippen molar-refractivity contribution >= 4 is 54.0 Å². The maximum atomic E-state index is 5.07. The van der Waals surface area contributed by atoms with Crippen molar-refractivity contribution in [3.8, 4) is 50.3 Å². The van der Waals surface area contributed by atoms with Crippen LogP contribution in [0.25, 0.3) is 104 Å². The van der Waals surface area contributed by atoms with Gasteiger partial charge in [-0.1, -0.05) is 170 Å². The molecule has 0 spiro atoms. The molecule has 0 N–H and O–H groups in total. The average molecular weight is 699 g/mol. The number of nitrogens with zero attached hydrogens (tertiary/aromatic N) is 2. The van der Waals surface area contributed by atoms with Crippen LogP contribution in [0.3, 0.4) is 0 Å². The fourth-order valence-electron chi connectivity index (χ4n) is 8.56. The molecule has 0 saturated heterocycles. The van der Waals surface area contributed by atoms with Crippen LogP contribution in [0.4, 0.5) is 0 Å². The molecule has 256 valence electrons. The van der Waals surface area contributed by atoms with Gasteiger partial charge in [0.1, 0.15) is 0 Å². The van der Waals surface area contributed by atoms with E-state index in [4.69, 9.17) is 5.10 Å². The first-order chi connectivity index (χ1) is 27.3. The van der Waals surface area contributed by atoms with Crippen LogP contribution < -0.4 is 0 Å². The summed E-state index contributed by atoms with van der Waals surface area (Å²) in [5, 5.41) is 16.2. The lowest BCUT2D eigenvalue weighted by Gasteiger charge is -2.19. The molecule has 0 radical (unpaired) electrons. The standard InChI is InChI=1S/C53H34N2/c1-2-14-38(15-3-1)53-48-20-10-11-21-50(48)54-55(53)44-29-26-37(27-30-44)41-28-31-47-49(34-41)52(43-25-23-36-13-5-7-17-40(36)33-43)46-19-9-8-18-45(46)51(47)42-24-22-35-12-4-6-16-39(35)32-42/h1-34H. The number of hydrogen-bond acceptors (Lipinski definition) is 1. The Morgan fingerprint density at radius 1 is 0.291 bits per heavy atom. The van der Waals surface area contributed by atoms with Crippen molar-refractivity contribution in [2.45, 2.75) is 0 Å². The average Bonchev–Trinajstić information content (AvgIpc) is 3.65. The maximum absolute atomic E-state index is 5.07. The van der Waals surface area contributed by atoms with Gasteiger partial charge in [-0.25, -0.2) is 4.68 Å². The van der Waals surface area contributed by atoms with Crippen LogP contribution in [-0.4, -0.2) is 9.78 Å². The molecule has 0 fully saturated rings. The first-order valence-corrected chi connectivity index (χ1v) is 18.9. The van der Waals surface area contributed by atoms with E-state index >= 15 is 0 Å². The summed E-state index contributed by atoms with van der Waals surface area (Å²) in [6.45, 7) is 0. The summed E-state index contributed by atoms with van der Waals surface area (Å²) in [6.07, 6.45) is 0. The molecule has 11 rings (SSSR count). The molecular formula is C53H34N2. The number of benzene rings is 10. The number of hydrogen-bond donors (Lipinski definition) is 0. The SMILES string of the molecule is c1ccc(-c2c3ccccc3nn2-c2ccc(-c3ccc4c(-c5ccc6ccccc6c5)c5ccccc5c(-c5ccc6ccccc6c5)c4c3)cc2)cc1. The van der Waals surface area contributed by atoms with Crippen LogP contribution in [-0.2, 0) is 0 Å². The zero-order valence-electron chi connectivity index (χ0n) is 30.0. The van der Waals surface area contributed by atoms with E-state index in [1.807, 2.05) is 0 Å². The van der Waals surface area contributed by atoms with Crippen molar-refractivity contribution in [1.82, 2.24) is 9.78 Å². The molecule has 0 bridgehead atoms. The predicted molar refractivity (Wildman–Crippen MR) is 233 cm³/mol. The van der Waals surface area contributed by atoms with Gasteiger partial charge < -0.3 is 0 Å². The number of aromatic nitrogens is 2. The summed E-state index contributed by atoms with van der Waals surface area (Å²) in [4.78, 5) is 0. The molecule has 0 aliphatic rings. The number of rotatable bonds is 5. The van der Waals surface area contributed by atoms with Gasteiger partial charge in [-0.2, -0.15) is 5.10 Å². The first-order valence-electron chi connectivity index (χ1n) is 18.9. The minimum Gasteiger partial charge on any atom is -0.232 e. The largest absolute Gasteiger partial charge is 0.232 e. The zero-order chi connectivity index (χ0) is 36.3. The molecule has 1 heterocycles. The smallest absolute Gasteiger partial charge is 0.0934 e. The summed E-state index contributed by atoms with van der Waals surface area (Å²) in [5.41, 5.74) is 11.6. The van der Waals surface area contributed by atoms with Crippen molar-refractivity contribution in [2.75, 3.05) is 0 Å². The molecule has 0 aliphatic heterocycles. The van der Waals surface area contributed by atoms with E-state index in [2.05, 4.69) is 211 Å². The Labute approximate surface area is 319 Å². The highest BCUT2D eigenvalue weighted by molar-refractivity contribution is 6.22. The Bertz CT molecular complexity index is 3240. The lowest BCUT2D eigenvalue weighted by Crippen LogP contribution is -1.99. The summed E-state index contributed by atoms with van der Waals surface area (Å²) in [5.74, 6) is 0. The van der Waals surface area contributed by atoms with Crippen LogP contribution in [0, 0.1) is 0 Å². The molecule has 1 aromatic heterocycles. The first kappa shape index (κ1) is 31.3. The second kappa shape index (κ2) is 12.7. The monoisotopic (exact) mass is 698 g/mol. The predicted octanol–water partition coefficient (Wildman–Crippen LogP) is 14.3. The van der Waals surface area contributed by atoms with Gasteiger partial charge in [0.05, 0.1) is 16.9 Å². The molecule has 55 heavy (non-hydrogen) atoms. The van der Waals surface area contributed by atoms with Gasteiger partial charge >= 0.3 is 0 Å². The van der Waals surface area contributed by atoms with Crippen LogP contribution in [0.1, 0.15) is 0 Å². The molecule has 11 aromatic rings. The van der Waals surface area contributed by atoms with Crippen LogP contribution in [0.15, 0.2) is 206 Å². The summed E-state index contributed by atoms with van der Waals surface area (Å²) in [7, 11) is 0. The second-order valence-electron chi connectivity index (χ2n) is 14.4. The molecule has 0 saturated carbocycles. The van der Waals surface area contributed by atoms with E-state index in [1.165, 1.54) is 70.9 Å². The Balaban J connectivity index is 1.12. The second-order valence-corrected chi connectivity index (χ2v) is 14.4. The lowest BCUT2D eigenvalue weighted by molar-refractivity contribution is 0.904. The van der Waals surface area contributed by atoms with Crippen molar-refractivity contribution in [2.24, 2.45) is 0 Å². The third kappa shape index (κ3) is 5.22. The fraction of sp³-hybridized carbons (Fsp3) is 0. The van der Waals surface area contributed by atoms with Crippen LogP contribution in [0.2, 0.25) is 0 Å². The van der Waals surface area contributed by atoms with Crippen molar-refractivity contribution < 1.29 is 0 Å². The molecule has 0 unspecified atom stereocenters. The Morgan fingerprint density at radius 3 is 1.44 bits per heavy atom. The van der Waals surface area contributed by atoms with Crippen molar-refractivity contribution in [1.29, 1.82) is 0 Å². The highest BCUT2D eigenvalue weighted by atomic mass is 15.3. The van der Waals surface area contributed by atoms with Gasteiger partial charge in [-0.15, -0.1) is 0 Å². The Kier molecular flexibility index (Phi) is 7.21. The van der Waals surface area contributed by atoms with Gasteiger partial charge in [-0.3, -0.25) is 0 Å². The summed E-state index contributed by atoms with van der Waals surface area (Å²) >= 11 is 0. The lowest BCUT2D eigenvalue weighted by atomic mass is 9.84. The normalized spacial score (nSPS) is 11.6. The molecule has 0 amide bonds. The van der Waals surface area contributed by atoms with Gasteiger partial charge in [-0.05, 0) is 113 Å².